The molecule has 1 aliphatic rings. The molecule has 5 nitrogen and oxygen atoms in total. The van der Waals surface area contributed by atoms with E-state index in [0.29, 0.717) is 0 Å². The van der Waals surface area contributed by atoms with Crippen LogP contribution in [-0.2, 0) is 5.54 Å². The average molecular weight is 243 g/mol. The maximum absolute atomic E-state index is 5.84. The molecule has 1 aromatic heterocycles. The van der Waals surface area contributed by atoms with Crippen LogP contribution in [0.15, 0.2) is 18.2 Å². The van der Waals surface area contributed by atoms with Crippen LogP contribution in [0.25, 0.3) is 11.4 Å². The number of anilines is 1. The summed E-state index contributed by atoms with van der Waals surface area (Å²) in [4.78, 5) is 0. The van der Waals surface area contributed by atoms with Gasteiger partial charge in [0.2, 0.25) is 0 Å². The molecular weight excluding hydrogens is 226 g/mol. The highest BCUT2D eigenvalue weighted by molar-refractivity contribution is 5.62. The van der Waals surface area contributed by atoms with E-state index >= 15 is 0 Å². The van der Waals surface area contributed by atoms with Crippen LogP contribution in [0.4, 0.5) is 5.69 Å². The summed E-state index contributed by atoms with van der Waals surface area (Å²) < 4.78 is 1.96. The molecule has 1 heterocycles. The lowest BCUT2D eigenvalue weighted by Gasteiger charge is -2.38. The van der Waals surface area contributed by atoms with Crippen LogP contribution in [0.3, 0.4) is 0 Å². The second kappa shape index (κ2) is 3.80. The van der Waals surface area contributed by atoms with Gasteiger partial charge >= 0.3 is 0 Å². The van der Waals surface area contributed by atoms with Crippen LogP contribution >= 0.6 is 0 Å². The van der Waals surface area contributed by atoms with E-state index in [-0.39, 0.29) is 5.54 Å². The van der Waals surface area contributed by atoms with Crippen LogP contribution in [0.2, 0.25) is 0 Å². The minimum absolute atomic E-state index is 0.0775. The lowest BCUT2D eigenvalue weighted by molar-refractivity contribution is 0.148. The van der Waals surface area contributed by atoms with Crippen molar-refractivity contribution in [3.8, 4) is 11.4 Å². The Morgan fingerprint density at radius 1 is 1.33 bits per heavy atom. The highest BCUT2D eigenvalue weighted by Crippen LogP contribution is 2.40. The highest BCUT2D eigenvalue weighted by atomic mass is 15.6. The molecule has 2 N–H and O–H groups in total. The average Bonchev–Trinajstić information content (AvgIpc) is 2.79. The molecule has 94 valence electrons. The molecule has 0 saturated heterocycles. The largest absolute Gasteiger partial charge is 0.399 e. The normalized spacial score (nSPS) is 17.4. The molecule has 1 fully saturated rings. The van der Waals surface area contributed by atoms with Crippen LogP contribution in [0, 0.1) is 6.92 Å². The third-order valence-electron chi connectivity index (χ3n) is 3.94. The molecule has 0 unspecified atom stereocenters. The van der Waals surface area contributed by atoms with Crippen molar-refractivity contribution < 1.29 is 0 Å². The number of nitrogens with zero attached hydrogens (tertiary/aromatic N) is 4. The summed E-state index contributed by atoms with van der Waals surface area (Å²) in [5.41, 5.74) is 8.80. The van der Waals surface area contributed by atoms with Crippen molar-refractivity contribution in [2.75, 3.05) is 5.73 Å². The summed E-state index contributed by atoms with van der Waals surface area (Å²) in [5.74, 6) is 0.834. The molecule has 1 aliphatic carbocycles. The molecule has 0 spiro atoms. The van der Waals surface area contributed by atoms with Gasteiger partial charge in [-0.25, -0.2) is 4.68 Å². The van der Waals surface area contributed by atoms with E-state index < -0.39 is 0 Å². The summed E-state index contributed by atoms with van der Waals surface area (Å²) in [6, 6.07) is 5.93. The zero-order chi connectivity index (χ0) is 12.8. The number of aromatic nitrogens is 4. The molecule has 0 bridgehead atoms. The Morgan fingerprint density at radius 3 is 2.72 bits per heavy atom. The molecule has 0 amide bonds. The summed E-state index contributed by atoms with van der Waals surface area (Å²) in [6.07, 6.45) is 3.52. The lowest BCUT2D eigenvalue weighted by Crippen LogP contribution is -2.38. The van der Waals surface area contributed by atoms with Crippen LogP contribution < -0.4 is 5.73 Å². The van der Waals surface area contributed by atoms with E-state index in [2.05, 4.69) is 22.4 Å². The summed E-state index contributed by atoms with van der Waals surface area (Å²) in [6.45, 7) is 4.21. The zero-order valence-electron chi connectivity index (χ0n) is 10.7. The number of nitrogen functional groups attached to an aromatic ring is 1. The first-order valence-corrected chi connectivity index (χ1v) is 6.25. The molecule has 0 atom stereocenters. The third kappa shape index (κ3) is 1.58. The highest BCUT2D eigenvalue weighted by Gasteiger charge is 2.37. The second-order valence-electron chi connectivity index (χ2n) is 5.34. The molecule has 5 heteroatoms. The van der Waals surface area contributed by atoms with Crippen LogP contribution in [0.5, 0.6) is 0 Å². The minimum atomic E-state index is 0.0775. The number of hydrogen-bond acceptors (Lipinski definition) is 4. The van der Waals surface area contributed by atoms with E-state index in [1.807, 2.05) is 29.8 Å². The van der Waals surface area contributed by atoms with E-state index in [9.17, 15) is 0 Å². The van der Waals surface area contributed by atoms with Gasteiger partial charge in [-0.2, -0.15) is 0 Å². The Bertz CT molecular complexity index is 583. The van der Waals surface area contributed by atoms with E-state index in [0.717, 1.165) is 35.5 Å². The number of rotatable bonds is 2. The van der Waals surface area contributed by atoms with Gasteiger partial charge in [-0.3, -0.25) is 0 Å². The number of hydrogen-bond donors (Lipinski definition) is 1. The summed E-state index contributed by atoms with van der Waals surface area (Å²) in [5, 5.41) is 12.2. The van der Waals surface area contributed by atoms with Gasteiger partial charge in [0.15, 0.2) is 5.82 Å². The quantitative estimate of drug-likeness (QED) is 0.820. The smallest absolute Gasteiger partial charge is 0.182 e. The molecule has 3 rings (SSSR count). The first kappa shape index (κ1) is 11.2. The van der Waals surface area contributed by atoms with Crippen molar-refractivity contribution in [2.45, 2.75) is 38.6 Å². The van der Waals surface area contributed by atoms with E-state index in [1.54, 1.807) is 0 Å². The second-order valence-corrected chi connectivity index (χ2v) is 5.34. The van der Waals surface area contributed by atoms with Crippen molar-refractivity contribution in [2.24, 2.45) is 0 Å². The zero-order valence-corrected chi connectivity index (χ0v) is 10.7. The van der Waals surface area contributed by atoms with Gasteiger partial charge in [0.1, 0.15) is 0 Å². The number of nitrogens with two attached hydrogens (primary N) is 1. The van der Waals surface area contributed by atoms with Gasteiger partial charge in [0.25, 0.3) is 0 Å². The Kier molecular flexibility index (Phi) is 2.36. The Balaban J connectivity index is 2.07. The first-order chi connectivity index (χ1) is 8.60. The topological polar surface area (TPSA) is 69.6 Å². The van der Waals surface area contributed by atoms with Crippen molar-refractivity contribution in [3.63, 3.8) is 0 Å². The van der Waals surface area contributed by atoms with E-state index in [1.165, 1.54) is 6.42 Å². The molecule has 2 aromatic rings. The van der Waals surface area contributed by atoms with Gasteiger partial charge in [0, 0.05) is 11.3 Å². The molecule has 0 aliphatic heterocycles. The predicted octanol–water partition coefficient (Wildman–Crippen LogP) is 2.13. The standard InChI is InChI=1S/C13H17N5/c1-9-8-10(4-5-11(9)14)12-15-16-17-18(12)13(2)6-3-7-13/h4-5,8H,3,6-7,14H2,1-2H3. The van der Waals surface area contributed by atoms with Gasteiger partial charge in [0.05, 0.1) is 5.54 Å². The van der Waals surface area contributed by atoms with Gasteiger partial charge in [-0.05, 0) is 67.3 Å². The van der Waals surface area contributed by atoms with Crippen molar-refractivity contribution >= 4 is 5.69 Å². The third-order valence-corrected chi connectivity index (χ3v) is 3.94. The van der Waals surface area contributed by atoms with Crippen molar-refractivity contribution in [1.82, 2.24) is 20.2 Å². The fourth-order valence-corrected chi connectivity index (χ4v) is 2.45. The lowest BCUT2D eigenvalue weighted by atomic mass is 9.78. The first-order valence-electron chi connectivity index (χ1n) is 6.25. The van der Waals surface area contributed by atoms with Crippen molar-refractivity contribution in [3.05, 3.63) is 23.8 Å². The molecule has 0 radical (unpaired) electrons. The summed E-state index contributed by atoms with van der Waals surface area (Å²) >= 11 is 0. The number of benzene rings is 1. The number of tetrazole rings is 1. The maximum Gasteiger partial charge on any atom is 0.182 e. The van der Waals surface area contributed by atoms with Crippen LogP contribution in [-0.4, -0.2) is 20.2 Å². The van der Waals surface area contributed by atoms with E-state index in [4.69, 9.17) is 5.73 Å². The fourth-order valence-electron chi connectivity index (χ4n) is 2.45. The van der Waals surface area contributed by atoms with Crippen molar-refractivity contribution in [1.29, 1.82) is 0 Å². The van der Waals surface area contributed by atoms with Gasteiger partial charge in [-0.1, -0.05) is 0 Å². The predicted molar refractivity (Wildman–Crippen MR) is 69.9 cm³/mol. The fraction of sp³-hybridized carbons (Fsp3) is 0.462. The maximum atomic E-state index is 5.84. The molecule has 1 saturated carbocycles. The molecule has 1 aromatic carbocycles. The molecule has 18 heavy (non-hydrogen) atoms. The van der Waals surface area contributed by atoms with Crippen LogP contribution in [0.1, 0.15) is 31.7 Å². The molecular formula is C13H17N5. The monoisotopic (exact) mass is 243 g/mol. The summed E-state index contributed by atoms with van der Waals surface area (Å²) in [7, 11) is 0. The number of aryl methyl sites for hydroxylation is 1. The SMILES string of the molecule is Cc1cc(-c2nnnn2C2(C)CCC2)ccc1N. The Morgan fingerprint density at radius 2 is 2.11 bits per heavy atom. The minimum Gasteiger partial charge on any atom is -0.399 e. The van der Waals surface area contributed by atoms with Gasteiger partial charge in [-0.15, -0.1) is 5.10 Å². The van der Waals surface area contributed by atoms with Gasteiger partial charge < -0.3 is 5.73 Å². The Labute approximate surface area is 106 Å². The Hall–Kier alpha value is -1.91.